The average molecular weight is 412 g/mol. The molecule has 1 saturated heterocycles. The van der Waals surface area contributed by atoms with Gasteiger partial charge >= 0.3 is 5.97 Å². The maximum absolute atomic E-state index is 12.4. The Balaban J connectivity index is 1.42. The third-order valence-electron chi connectivity index (χ3n) is 5.54. The molecule has 7 nitrogen and oxygen atoms in total. The molecule has 1 aliphatic carbocycles. The van der Waals surface area contributed by atoms with Gasteiger partial charge in [0.15, 0.2) is 6.61 Å². The van der Waals surface area contributed by atoms with Crippen molar-refractivity contribution in [2.75, 3.05) is 18.5 Å². The molecule has 1 heterocycles. The Labute approximate surface area is 176 Å². The van der Waals surface area contributed by atoms with Crippen LogP contribution in [0.5, 0.6) is 0 Å². The van der Waals surface area contributed by atoms with Crippen molar-refractivity contribution in [2.24, 2.45) is 11.8 Å². The summed E-state index contributed by atoms with van der Waals surface area (Å²) in [6.07, 6.45) is 4.83. The monoisotopic (exact) mass is 412 g/mol. The van der Waals surface area contributed by atoms with Crippen LogP contribution in [0.15, 0.2) is 36.4 Å². The Morgan fingerprint density at radius 3 is 2.13 bits per heavy atom. The Kier molecular flexibility index (Phi) is 6.39. The second-order valence-corrected chi connectivity index (χ2v) is 8.77. The van der Waals surface area contributed by atoms with Gasteiger partial charge in [0.25, 0.3) is 5.91 Å². The molecule has 30 heavy (non-hydrogen) atoms. The van der Waals surface area contributed by atoms with Crippen LogP contribution in [0, 0.1) is 11.8 Å². The summed E-state index contributed by atoms with van der Waals surface area (Å²) in [6, 6.07) is 7.50. The number of ether oxygens (including phenoxy) is 1. The first-order valence-electron chi connectivity index (χ1n) is 10.2. The smallest absolute Gasteiger partial charge is 0.308 e. The highest BCUT2D eigenvalue weighted by molar-refractivity contribution is 6.05. The number of anilines is 1. The zero-order valence-corrected chi connectivity index (χ0v) is 17.6. The molecular formula is C23H28N2O5. The molecule has 160 valence electrons. The molecule has 0 bridgehead atoms. The Morgan fingerprint density at radius 1 is 1.03 bits per heavy atom. The van der Waals surface area contributed by atoms with E-state index in [1.165, 1.54) is 0 Å². The number of fused-ring (bicyclic) bond motifs is 1. The summed E-state index contributed by atoms with van der Waals surface area (Å²) in [6.45, 7) is 5.88. The van der Waals surface area contributed by atoms with Crippen LogP contribution in [0.25, 0.3) is 0 Å². The SMILES string of the molecule is CC(C)(C)c1ccc(NC(=O)COC(=O)CCN2C(=O)[C@@H]3CC=CC[C@H]3C2=O)cc1. The van der Waals surface area contributed by atoms with Crippen LogP contribution in [0.2, 0.25) is 0 Å². The number of likely N-dealkylation sites (tertiary alicyclic amines) is 1. The summed E-state index contributed by atoms with van der Waals surface area (Å²) in [7, 11) is 0. The lowest BCUT2D eigenvalue weighted by atomic mass is 9.85. The molecule has 0 saturated carbocycles. The van der Waals surface area contributed by atoms with Gasteiger partial charge in [-0.25, -0.2) is 0 Å². The summed E-state index contributed by atoms with van der Waals surface area (Å²) in [5.41, 5.74) is 1.78. The zero-order chi connectivity index (χ0) is 21.9. The van der Waals surface area contributed by atoms with Crippen molar-refractivity contribution < 1.29 is 23.9 Å². The molecule has 0 radical (unpaired) electrons. The molecule has 0 spiro atoms. The van der Waals surface area contributed by atoms with Crippen LogP contribution in [-0.2, 0) is 29.3 Å². The maximum Gasteiger partial charge on any atom is 0.308 e. The normalized spacial score (nSPS) is 20.8. The van der Waals surface area contributed by atoms with E-state index >= 15 is 0 Å². The molecule has 7 heteroatoms. The van der Waals surface area contributed by atoms with Crippen molar-refractivity contribution >= 4 is 29.4 Å². The van der Waals surface area contributed by atoms with Gasteiger partial charge < -0.3 is 10.1 Å². The molecule has 3 rings (SSSR count). The van der Waals surface area contributed by atoms with E-state index in [9.17, 15) is 19.2 Å². The summed E-state index contributed by atoms with van der Waals surface area (Å²) in [5, 5.41) is 2.68. The minimum Gasteiger partial charge on any atom is -0.456 e. The molecule has 1 aromatic rings. The van der Waals surface area contributed by atoms with E-state index in [0.717, 1.165) is 10.5 Å². The number of rotatable bonds is 6. The molecule has 1 aromatic carbocycles. The van der Waals surface area contributed by atoms with Crippen LogP contribution in [0.4, 0.5) is 5.69 Å². The van der Waals surface area contributed by atoms with Crippen LogP contribution >= 0.6 is 0 Å². The van der Waals surface area contributed by atoms with E-state index < -0.39 is 18.5 Å². The minimum absolute atomic E-state index is 0.0145. The quantitative estimate of drug-likeness (QED) is 0.441. The van der Waals surface area contributed by atoms with Crippen molar-refractivity contribution in [3.05, 3.63) is 42.0 Å². The lowest BCUT2D eigenvalue weighted by Gasteiger charge is -2.19. The second kappa shape index (κ2) is 8.81. The van der Waals surface area contributed by atoms with Crippen molar-refractivity contribution in [1.82, 2.24) is 4.90 Å². The molecule has 1 N–H and O–H groups in total. The lowest BCUT2D eigenvalue weighted by Crippen LogP contribution is -2.33. The van der Waals surface area contributed by atoms with Crippen LogP contribution in [-0.4, -0.2) is 41.7 Å². The van der Waals surface area contributed by atoms with Crippen LogP contribution in [0.1, 0.15) is 45.6 Å². The third kappa shape index (κ3) is 4.96. The standard InChI is InChI=1S/C23H28N2O5/c1-23(2,3)15-8-10-16(11-9-15)24-19(26)14-30-20(27)12-13-25-21(28)17-6-4-5-7-18(17)22(25)29/h4-5,8-11,17-18H,6-7,12-14H2,1-3H3,(H,24,26)/t17-,18-/m1/s1. The summed E-state index contributed by atoms with van der Waals surface area (Å²) in [5.74, 6) is -2.14. The molecule has 1 fully saturated rings. The molecular weight excluding hydrogens is 384 g/mol. The van der Waals surface area contributed by atoms with Gasteiger partial charge in [-0.1, -0.05) is 45.1 Å². The van der Waals surface area contributed by atoms with Gasteiger partial charge in [0.05, 0.1) is 18.3 Å². The highest BCUT2D eigenvalue weighted by Crippen LogP contribution is 2.35. The zero-order valence-electron chi connectivity index (χ0n) is 17.6. The van der Waals surface area contributed by atoms with Gasteiger partial charge in [0.1, 0.15) is 0 Å². The van der Waals surface area contributed by atoms with E-state index in [4.69, 9.17) is 4.74 Å². The number of hydrogen-bond acceptors (Lipinski definition) is 5. The highest BCUT2D eigenvalue weighted by Gasteiger charge is 2.46. The van der Waals surface area contributed by atoms with Crippen molar-refractivity contribution in [3.63, 3.8) is 0 Å². The molecule has 3 amide bonds. The fourth-order valence-electron chi connectivity index (χ4n) is 3.76. The van der Waals surface area contributed by atoms with Crippen molar-refractivity contribution in [2.45, 2.75) is 45.4 Å². The summed E-state index contributed by atoms with van der Waals surface area (Å²) < 4.78 is 4.99. The number of nitrogens with zero attached hydrogens (tertiary/aromatic N) is 1. The first-order chi connectivity index (χ1) is 14.2. The predicted molar refractivity (Wildman–Crippen MR) is 111 cm³/mol. The Bertz CT molecular complexity index is 841. The fraction of sp³-hybridized carbons (Fsp3) is 0.478. The Morgan fingerprint density at radius 2 is 1.60 bits per heavy atom. The minimum atomic E-state index is -0.623. The fourth-order valence-corrected chi connectivity index (χ4v) is 3.76. The number of hydrogen-bond donors (Lipinski definition) is 1. The molecule has 1 aliphatic heterocycles. The number of carbonyl (C=O) groups excluding carboxylic acids is 4. The number of nitrogens with one attached hydrogen (secondary N) is 1. The van der Waals surface area contributed by atoms with E-state index in [0.29, 0.717) is 18.5 Å². The largest absolute Gasteiger partial charge is 0.456 e. The summed E-state index contributed by atoms with van der Waals surface area (Å²) >= 11 is 0. The van der Waals surface area contributed by atoms with Gasteiger partial charge in [0.2, 0.25) is 11.8 Å². The maximum atomic E-state index is 12.4. The van der Waals surface area contributed by atoms with Gasteiger partial charge in [0, 0.05) is 12.2 Å². The molecule has 2 atom stereocenters. The van der Waals surface area contributed by atoms with Gasteiger partial charge in [-0.15, -0.1) is 0 Å². The predicted octanol–water partition coefficient (Wildman–Crippen LogP) is 2.81. The Hall–Kier alpha value is -2.96. The third-order valence-corrected chi connectivity index (χ3v) is 5.54. The number of esters is 1. The number of amides is 3. The number of benzene rings is 1. The first-order valence-corrected chi connectivity index (χ1v) is 10.2. The molecule has 0 aromatic heterocycles. The van der Waals surface area contributed by atoms with Crippen LogP contribution < -0.4 is 5.32 Å². The van der Waals surface area contributed by atoms with E-state index in [1.807, 2.05) is 24.3 Å². The molecule has 2 aliphatic rings. The van der Waals surface area contributed by atoms with Crippen molar-refractivity contribution in [1.29, 1.82) is 0 Å². The summed E-state index contributed by atoms with van der Waals surface area (Å²) in [4.78, 5) is 49.9. The first kappa shape index (κ1) is 21.7. The van der Waals surface area contributed by atoms with Crippen molar-refractivity contribution in [3.8, 4) is 0 Å². The number of imide groups is 1. The average Bonchev–Trinajstić information content (AvgIpc) is 2.95. The lowest BCUT2D eigenvalue weighted by molar-refractivity contribution is -0.148. The molecule has 0 unspecified atom stereocenters. The van der Waals surface area contributed by atoms with Gasteiger partial charge in [-0.3, -0.25) is 24.1 Å². The second-order valence-electron chi connectivity index (χ2n) is 8.77. The highest BCUT2D eigenvalue weighted by atomic mass is 16.5. The van der Waals surface area contributed by atoms with E-state index in [-0.39, 0.29) is 42.0 Å². The topological polar surface area (TPSA) is 92.8 Å². The van der Waals surface area contributed by atoms with Gasteiger partial charge in [-0.2, -0.15) is 0 Å². The van der Waals surface area contributed by atoms with Gasteiger partial charge in [-0.05, 0) is 36.0 Å². The van der Waals surface area contributed by atoms with E-state index in [2.05, 4.69) is 26.1 Å². The van der Waals surface area contributed by atoms with Crippen LogP contribution in [0.3, 0.4) is 0 Å². The van der Waals surface area contributed by atoms with E-state index in [1.54, 1.807) is 12.1 Å². The number of carbonyl (C=O) groups is 4. The number of allylic oxidation sites excluding steroid dienone is 2.